The van der Waals surface area contributed by atoms with Crippen molar-refractivity contribution >= 4 is 5.78 Å². The molecule has 0 atom stereocenters. The minimum absolute atomic E-state index is 0.363. The second-order valence-corrected chi connectivity index (χ2v) is 2.51. The molecule has 1 aliphatic rings. The molecule has 0 N–H and O–H groups in total. The van der Waals surface area contributed by atoms with Crippen LogP contribution in [0.25, 0.3) is 0 Å². The first-order valence-electron chi connectivity index (χ1n) is 2.89. The lowest BCUT2D eigenvalue weighted by Gasteiger charge is -2.07. The molecule has 0 amide bonds. The molecule has 3 heteroatoms. The van der Waals surface area contributed by atoms with Gasteiger partial charge in [0.1, 0.15) is 5.78 Å². The maximum Gasteiger partial charge on any atom is 0.251 e. The Morgan fingerprint density at radius 3 is 2.00 bits per heavy atom. The molecule has 1 aliphatic carbocycles. The molecule has 0 aliphatic heterocycles. The van der Waals surface area contributed by atoms with Gasteiger partial charge in [-0.05, 0) is 19.8 Å². The van der Waals surface area contributed by atoms with Crippen LogP contribution in [0.3, 0.4) is 0 Å². The molecule has 0 aromatic heterocycles. The third-order valence-electron chi connectivity index (χ3n) is 1.91. The van der Waals surface area contributed by atoms with Gasteiger partial charge in [-0.2, -0.15) is 0 Å². The quantitative estimate of drug-likeness (QED) is 0.560. The molecule has 0 radical (unpaired) electrons. The summed E-state index contributed by atoms with van der Waals surface area (Å²) in [4.78, 5) is 10.5. The Morgan fingerprint density at radius 2 is 2.00 bits per heavy atom. The van der Waals surface area contributed by atoms with Crippen LogP contribution >= 0.6 is 0 Å². The van der Waals surface area contributed by atoms with Gasteiger partial charge in [-0.25, -0.2) is 8.78 Å². The van der Waals surface area contributed by atoms with Crippen LogP contribution in [0, 0.1) is 5.41 Å². The first-order valence-corrected chi connectivity index (χ1v) is 2.89. The fourth-order valence-corrected chi connectivity index (χ4v) is 0.859. The van der Waals surface area contributed by atoms with Crippen molar-refractivity contribution in [3.05, 3.63) is 0 Å². The highest BCUT2D eigenvalue weighted by Gasteiger charge is 2.55. The predicted molar refractivity (Wildman–Crippen MR) is 28.4 cm³/mol. The standard InChI is InChI=1S/C6H8F2O/c1-4(9)6(2-3-6)5(7)8/h5H,2-3H2,1H3. The van der Waals surface area contributed by atoms with E-state index in [4.69, 9.17) is 0 Å². The Hall–Kier alpha value is -0.470. The second kappa shape index (κ2) is 1.75. The zero-order valence-corrected chi connectivity index (χ0v) is 5.16. The topological polar surface area (TPSA) is 17.1 Å². The molecule has 0 spiro atoms. The molecule has 1 rings (SSSR count). The van der Waals surface area contributed by atoms with Gasteiger partial charge in [0.05, 0.1) is 5.41 Å². The molecule has 1 fully saturated rings. The first-order chi connectivity index (χ1) is 4.09. The number of hydrogen-bond acceptors (Lipinski definition) is 1. The van der Waals surface area contributed by atoms with Crippen LogP contribution in [-0.4, -0.2) is 12.2 Å². The predicted octanol–water partition coefficient (Wildman–Crippen LogP) is 1.62. The Labute approximate surface area is 52.1 Å². The van der Waals surface area contributed by atoms with Crippen LogP contribution in [0.1, 0.15) is 19.8 Å². The van der Waals surface area contributed by atoms with Crippen molar-refractivity contribution in [2.75, 3.05) is 0 Å². The van der Waals surface area contributed by atoms with Gasteiger partial charge in [0.2, 0.25) is 0 Å². The number of alkyl halides is 2. The van der Waals surface area contributed by atoms with Crippen LogP contribution in [0.4, 0.5) is 8.78 Å². The minimum Gasteiger partial charge on any atom is -0.299 e. The van der Waals surface area contributed by atoms with Gasteiger partial charge in [-0.1, -0.05) is 0 Å². The van der Waals surface area contributed by atoms with Gasteiger partial charge < -0.3 is 0 Å². The summed E-state index contributed by atoms with van der Waals surface area (Å²) in [6, 6.07) is 0. The summed E-state index contributed by atoms with van der Waals surface area (Å²) in [7, 11) is 0. The van der Waals surface area contributed by atoms with Gasteiger partial charge in [0, 0.05) is 0 Å². The maximum absolute atomic E-state index is 11.9. The van der Waals surface area contributed by atoms with Crippen LogP contribution in [0.5, 0.6) is 0 Å². The number of halogens is 2. The van der Waals surface area contributed by atoms with Crippen molar-refractivity contribution in [2.24, 2.45) is 5.41 Å². The lowest BCUT2D eigenvalue weighted by atomic mass is 10.0. The lowest BCUT2D eigenvalue weighted by Crippen LogP contribution is -2.20. The van der Waals surface area contributed by atoms with Crippen molar-refractivity contribution in [1.82, 2.24) is 0 Å². The zero-order chi connectivity index (χ0) is 7.07. The highest BCUT2D eigenvalue weighted by Crippen LogP contribution is 2.51. The van der Waals surface area contributed by atoms with Gasteiger partial charge in [-0.15, -0.1) is 0 Å². The van der Waals surface area contributed by atoms with E-state index >= 15 is 0 Å². The summed E-state index contributed by atoms with van der Waals surface area (Å²) in [6.45, 7) is 1.24. The molecule has 0 unspecified atom stereocenters. The van der Waals surface area contributed by atoms with E-state index in [2.05, 4.69) is 0 Å². The molecule has 0 aromatic carbocycles. The molecule has 0 saturated heterocycles. The number of hydrogen-bond donors (Lipinski definition) is 0. The van der Waals surface area contributed by atoms with E-state index in [0.717, 1.165) is 0 Å². The Kier molecular flexibility index (Phi) is 1.30. The smallest absolute Gasteiger partial charge is 0.251 e. The molecule has 1 nitrogen and oxygen atoms in total. The number of carbonyl (C=O) groups is 1. The number of rotatable bonds is 2. The average Bonchev–Trinajstić information content (AvgIpc) is 2.40. The summed E-state index contributed by atoms with van der Waals surface area (Å²) >= 11 is 0. The average molecular weight is 134 g/mol. The van der Waals surface area contributed by atoms with E-state index in [1.807, 2.05) is 0 Å². The first kappa shape index (κ1) is 6.65. The Bertz CT molecular complexity index is 138. The molecular weight excluding hydrogens is 126 g/mol. The monoisotopic (exact) mass is 134 g/mol. The SMILES string of the molecule is CC(=O)C1(C(F)F)CC1. The summed E-state index contributed by atoms with van der Waals surface area (Å²) in [5, 5.41) is 0. The molecule has 0 aromatic rings. The summed E-state index contributed by atoms with van der Waals surface area (Å²) in [5.74, 6) is -0.363. The van der Waals surface area contributed by atoms with Crippen molar-refractivity contribution in [1.29, 1.82) is 0 Å². The minimum atomic E-state index is -2.45. The third-order valence-corrected chi connectivity index (χ3v) is 1.91. The van der Waals surface area contributed by atoms with Crippen molar-refractivity contribution in [2.45, 2.75) is 26.2 Å². The second-order valence-electron chi connectivity index (χ2n) is 2.51. The van der Waals surface area contributed by atoms with E-state index < -0.39 is 11.8 Å². The number of Topliss-reactive ketones (excluding diaryl/α,β-unsaturated/α-hetero) is 1. The Morgan fingerprint density at radius 1 is 1.56 bits per heavy atom. The summed E-state index contributed by atoms with van der Waals surface area (Å²) in [5.41, 5.74) is -1.22. The van der Waals surface area contributed by atoms with Gasteiger partial charge in [0.15, 0.2) is 0 Å². The molecular formula is C6H8F2O. The molecule has 0 bridgehead atoms. The largest absolute Gasteiger partial charge is 0.299 e. The van der Waals surface area contributed by atoms with Crippen LogP contribution in [-0.2, 0) is 4.79 Å². The highest BCUT2D eigenvalue weighted by atomic mass is 19.3. The Balaban J connectivity index is 2.63. The van der Waals surface area contributed by atoms with E-state index in [1.54, 1.807) is 0 Å². The summed E-state index contributed by atoms with van der Waals surface area (Å²) in [6.07, 6.45) is -1.70. The fourth-order valence-electron chi connectivity index (χ4n) is 0.859. The number of carbonyl (C=O) groups excluding carboxylic acids is 1. The molecule has 0 heterocycles. The number of ketones is 1. The van der Waals surface area contributed by atoms with Crippen molar-refractivity contribution < 1.29 is 13.6 Å². The van der Waals surface area contributed by atoms with Crippen molar-refractivity contribution in [3.63, 3.8) is 0 Å². The maximum atomic E-state index is 11.9. The molecule has 52 valence electrons. The van der Waals surface area contributed by atoms with E-state index in [9.17, 15) is 13.6 Å². The summed E-state index contributed by atoms with van der Waals surface area (Å²) < 4.78 is 23.8. The van der Waals surface area contributed by atoms with Gasteiger partial charge in [0.25, 0.3) is 6.43 Å². The highest BCUT2D eigenvalue weighted by molar-refractivity contribution is 5.85. The van der Waals surface area contributed by atoms with Crippen molar-refractivity contribution in [3.8, 4) is 0 Å². The van der Waals surface area contributed by atoms with E-state index in [0.29, 0.717) is 12.8 Å². The third kappa shape index (κ3) is 0.843. The van der Waals surface area contributed by atoms with Crippen LogP contribution < -0.4 is 0 Å². The molecule has 1 saturated carbocycles. The van der Waals surface area contributed by atoms with Crippen LogP contribution in [0.15, 0.2) is 0 Å². The van der Waals surface area contributed by atoms with Crippen LogP contribution in [0.2, 0.25) is 0 Å². The van der Waals surface area contributed by atoms with Gasteiger partial charge >= 0.3 is 0 Å². The lowest BCUT2D eigenvalue weighted by molar-refractivity contribution is -0.127. The fraction of sp³-hybridized carbons (Fsp3) is 0.833. The van der Waals surface area contributed by atoms with E-state index in [-0.39, 0.29) is 5.78 Å². The van der Waals surface area contributed by atoms with Gasteiger partial charge in [-0.3, -0.25) is 4.79 Å². The normalized spacial score (nSPS) is 22.2. The molecule has 9 heavy (non-hydrogen) atoms. The zero-order valence-electron chi connectivity index (χ0n) is 5.16. The van der Waals surface area contributed by atoms with E-state index in [1.165, 1.54) is 6.92 Å².